The fraction of sp³-hybridized carbons (Fsp3) is 0.222. The highest BCUT2D eigenvalue weighted by Gasteiger charge is 2.14. The lowest BCUT2D eigenvalue weighted by Crippen LogP contribution is -2.22. The molecule has 6 nitrogen and oxygen atoms in total. The standard InChI is InChI=1S/C9H8Cl2O3.C9H9ClO3/c1-5(9(12)13)14-8-3-2-6(10)4-7(8)11;1-6-4-7(10)2-3-8(6)13-5-9(11)12/h2-5H,1H3,(H,12,13);2-4H,5H2,1H3,(H,11,12). The summed E-state index contributed by atoms with van der Waals surface area (Å²) in [7, 11) is 0. The summed E-state index contributed by atoms with van der Waals surface area (Å²) in [6.45, 7) is 2.90. The summed E-state index contributed by atoms with van der Waals surface area (Å²) in [5.41, 5.74) is 0.828. The molecule has 0 heterocycles. The summed E-state index contributed by atoms with van der Waals surface area (Å²) < 4.78 is 10.1. The third kappa shape index (κ3) is 8.39. The largest absolute Gasteiger partial charge is 0.482 e. The molecule has 27 heavy (non-hydrogen) atoms. The molecular formula is C18H17Cl3O6. The van der Waals surface area contributed by atoms with Crippen LogP contribution in [-0.4, -0.2) is 34.9 Å². The summed E-state index contributed by atoms with van der Waals surface area (Å²) in [6, 6.07) is 9.64. The molecule has 0 aliphatic heterocycles. The van der Waals surface area contributed by atoms with Crippen LogP contribution < -0.4 is 9.47 Å². The second-order valence-electron chi connectivity index (χ2n) is 5.27. The molecule has 0 aromatic heterocycles. The Balaban J connectivity index is 0.000000271. The van der Waals surface area contributed by atoms with Crippen molar-refractivity contribution in [3.63, 3.8) is 0 Å². The SMILES string of the molecule is CC(Oc1ccc(Cl)cc1Cl)C(=O)O.Cc1cc(Cl)ccc1OCC(=O)O. The number of benzene rings is 2. The first kappa shape index (κ1) is 22.9. The van der Waals surface area contributed by atoms with E-state index in [0.717, 1.165) is 5.56 Å². The Labute approximate surface area is 171 Å². The Bertz CT molecular complexity index is 810. The summed E-state index contributed by atoms with van der Waals surface area (Å²) in [6.07, 6.45) is -0.936. The minimum absolute atomic E-state index is 0.297. The first-order valence-electron chi connectivity index (χ1n) is 7.55. The molecule has 0 fully saturated rings. The van der Waals surface area contributed by atoms with Crippen molar-refractivity contribution in [1.82, 2.24) is 0 Å². The Morgan fingerprint density at radius 2 is 1.56 bits per heavy atom. The molecule has 0 bridgehead atoms. The van der Waals surface area contributed by atoms with Gasteiger partial charge >= 0.3 is 11.9 Å². The minimum Gasteiger partial charge on any atom is -0.482 e. The molecule has 2 N–H and O–H groups in total. The Morgan fingerprint density at radius 1 is 1.00 bits per heavy atom. The number of hydrogen-bond donors (Lipinski definition) is 2. The topological polar surface area (TPSA) is 93.1 Å². The van der Waals surface area contributed by atoms with Crippen LogP contribution in [0.1, 0.15) is 12.5 Å². The van der Waals surface area contributed by atoms with Crippen molar-refractivity contribution in [1.29, 1.82) is 0 Å². The normalized spacial score (nSPS) is 11.0. The number of halogens is 3. The molecule has 146 valence electrons. The van der Waals surface area contributed by atoms with Crippen molar-refractivity contribution in [2.24, 2.45) is 0 Å². The molecule has 1 atom stereocenters. The lowest BCUT2D eigenvalue weighted by Gasteiger charge is -2.11. The van der Waals surface area contributed by atoms with Crippen molar-refractivity contribution in [3.8, 4) is 11.5 Å². The van der Waals surface area contributed by atoms with E-state index in [9.17, 15) is 9.59 Å². The third-order valence-corrected chi connectivity index (χ3v) is 3.80. The van der Waals surface area contributed by atoms with Crippen LogP contribution in [0.25, 0.3) is 0 Å². The smallest absolute Gasteiger partial charge is 0.344 e. The van der Waals surface area contributed by atoms with Gasteiger partial charge in [-0.05, 0) is 55.8 Å². The number of carboxylic acid groups (broad SMARTS) is 2. The zero-order valence-corrected chi connectivity index (χ0v) is 16.7. The maximum atomic E-state index is 10.5. The van der Waals surface area contributed by atoms with E-state index in [-0.39, 0.29) is 6.61 Å². The van der Waals surface area contributed by atoms with Crippen LogP contribution in [0.4, 0.5) is 0 Å². The van der Waals surface area contributed by atoms with E-state index in [1.165, 1.54) is 19.1 Å². The van der Waals surface area contributed by atoms with Crippen LogP contribution in [0, 0.1) is 6.92 Å². The fourth-order valence-electron chi connectivity index (χ4n) is 1.73. The highest BCUT2D eigenvalue weighted by atomic mass is 35.5. The predicted molar refractivity (Wildman–Crippen MR) is 104 cm³/mol. The lowest BCUT2D eigenvalue weighted by atomic mass is 10.2. The zero-order valence-electron chi connectivity index (χ0n) is 14.4. The quantitative estimate of drug-likeness (QED) is 0.666. The van der Waals surface area contributed by atoms with E-state index in [4.69, 9.17) is 54.5 Å². The van der Waals surface area contributed by atoms with Crippen molar-refractivity contribution < 1.29 is 29.3 Å². The van der Waals surface area contributed by atoms with E-state index >= 15 is 0 Å². The van der Waals surface area contributed by atoms with Gasteiger partial charge in [-0.3, -0.25) is 0 Å². The van der Waals surface area contributed by atoms with Crippen molar-refractivity contribution in [3.05, 3.63) is 57.0 Å². The molecule has 0 saturated carbocycles. The van der Waals surface area contributed by atoms with Crippen LogP contribution in [0.2, 0.25) is 15.1 Å². The van der Waals surface area contributed by atoms with E-state index in [2.05, 4.69) is 0 Å². The van der Waals surface area contributed by atoms with Crippen LogP contribution >= 0.6 is 34.8 Å². The number of rotatable bonds is 6. The van der Waals surface area contributed by atoms with Gasteiger partial charge in [0.25, 0.3) is 0 Å². The highest BCUT2D eigenvalue weighted by molar-refractivity contribution is 6.35. The second kappa shape index (κ2) is 10.9. The van der Waals surface area contributed by atoms with Crippen molar-refractivity contribution in [2.75, 3.05) is 6.61 Å². The molecule has 1 unspecified atom stereocenters. The molecular weight excluding hydrogens is 419 g/mol. The van der Waals surface area contributed by atoms with Gasteiger partial charge in [0, 0.05) is 10.0 Å². The second-order valence-corrected chi connectivity index (χ2v) is 6.55. The van der Waals surface area contributed by atoms with Gasteiger partial charge in [0.15, 0.2) is 12.7 Å². The minimum atomic E-state index is -1.05. The monoisotopic (exact) mass is 434 g/mol. The summed E-state index contributed by atoms with van der Waals surface area (Å²) in [5, 5.41) is 18.3. The number of ether oxygens (including phenoxy) is 2. The Morgan fingerprint density at radius 3 is 2.04 bits per heavy atom. The average molecular weight is 436 g/mol. The van der Waals surface area contributed by atoms with Gasteiger partial charge in [-0.2, -0.15) is 0 Å². The van der Waals surface area contributed by atoms with Crippen LogP contribution in [0.5, 0.6) is 11.5 Å². The fourth-order valence-corrected chi connectivity index (χ4v) is 2.41. The van der Waals surface area contributed by atoms with Crippen LogP contribution in [-0.2, 0) is 9.59 Å². The summed E-state index contributed by atoms with van der Waals surface area (Å²) in [5.74, 6) is -1.18. The molecule has 2 rings (SSSR count). The van der Waals surface area contributed by atoms with Crippen LogP contribution in [0.15, 0.2) is 36.4 Å². The number of aryl methyl sites for hydroxylation is 1. The first-order chi connectivity index (χ1) is 12.6. The van der Waals surface area contributed by atoms with Gasteiger partial charge < -0.3 is 19.7 Å². The number of aliphatic carboxylic acids is 2. The van der Waals surface area contributed by atoms with Gasteiger partial charge in [0.1, 0.15) is 11.5 Å². The summed E-state index contributed by atoms with van der Waals surface area (Å²) in [4.78, 5) is 20.7. The third-order valence-electron chi connectivity index (χ3n) is 3.03. The van der Waals surface area contributed by atoms with Gasteiger partial charge in [0.2, 0.25) is 0 Å². The number of hydrogen-bond acceptors (Lipinski definition) is 4. The molecule has 0 amide bonds. The predicted octanol–water partition coefficient (Wildman–Crippen LogP) is 4.96. The zero-order chi connectivity index (χ0) is 20.6. The molecule has 2 aromatic rings. The molecule has 0 aliphatic carbocycles. The van der Waals surface area contributed by atoms with Gasteiger partial charge in [0.05, 0.1) is 5.02 Å². The molecule has 0 radical (unpaired) electrons. The first-order valence-corrected chi connectivity index (χ1v) is 8.68. The summed E-state index contributed by atoms with van der Waals surface area (Å²) >= 11 is 17.1. The van der Waals surface area contributed by atoms with E-state index in [1.54, 1.807) is 24.3 Å². The van der Waals surface area contributed by atoms with Gasteiger partial charge in [-0.15, -0.1) is 0 Å². The molecule has 9 heteroatoms. The lowest BCUT2D eigenvalue weighted by molar-refractivity contribution is -0.144. The maximum Gasteiger partial charge on any atom is 0.344 e. The molecule has 2 aromatic carbocycles. The van der Waals surface area contributed by atoms with Crippen molar-refractivity contribution >= 4 is 46.7 Å². The van der Waals surface area contributed by atoms with Crippen molar-refractivity contribution in [2.45, 2.75) is 20.0 Å². The maximum absolute atomic E-state index is 10.5. The van der Waals surface area contributed by atoms with E-state index in [0.29, 0.717) is 26.6 Å². The molecule has 0 spiro atoms. The average Bonchev–Trinajstić information content (AvgIpc) is 2.57. The van der Waals surface area contributed by atoms with Gasteiger partial charge in [-0.1, -0.05) is 34.8 Å². The van der Waals surface area contributed by atoms with Gasteiger partial charge in [-0.25, -0.2) is 9.59 Å². The number of carboxylic acids is 2. The number of carbonyl (C=O) groups is 2. The molecule has 0 saturated heterocycles. The van der Waals surface area contributed by atoms with Crippen LogP contribution in [0.3, 0.4) is 0 Å². The van der Waals surface area contributed by atoms with E-state index < -0.39 is 18.0 Å². The highest BCUT2D eigenvalue weighted by Crippen LogP contribution is 2.28. The Hall–Kier alpha value is -2.15. The Kier molecular flexibility index (Phi) is 9.21. The van der Waals surface area contributed by atoms with E-state index in [1.807, 2.05) is 6.92 Å². The molecule has 0 aliphatic rings.